The zero-order valence-corrected chi connectivity index (χ0v) is 13.9. The summed E-state index contributed by atoms with van der Waals surface area (Å²) in [6.07, 6.45) is 3.10. The van der Waals surface area contributed by atoms with E-state index in [0.717, 1.165) is 15.6 Å². The van der Waals surface area contributed by atoms with Crippen molar-refractivity contribution in [2.24, 2.45) is 0 Å². The molecule has 4 heteroatoms. The Bertz CT molecular complexity index is 651. The molecule has 0 saturated heterocycles. The molecule has 0 aromatic heterocycles. The molecule has 0 amide bonds. The summed E-state index contributed by atoms with van der Waals surface area (Å²) < 4.78 is 11.7. The minimum atomic E-state index is -0.364. The van der Waals surface area contributed by atoms with Crippen LogP contribution < -0.4 is 4.74 Å². The third-order valence-electron chi connectivity index (χ3n) is 2.89. The molecule has 3 nitrogen and oxygen atoms in total. The van der Waals surface area contributed by atoms with Gasteiger partial charge in [-0.25, -0.2) is 4.79 Å². The molecule has 0 bridgehead atoms. The first-order chi connectivity index (χ1) is 10.7. The molecule has 0 aliphatic carbocycles. The van der Waals surface area contributed by atoms with Gasteiger partial charge >= 0.3 is 5.97 Å². The van der Waals surface area contributed by atoms with E-state index in [1.54, 1.807) is 13.0 Å². The lowest BCUT2D eigenvalue weighted by molar-refractivity contribution is -0.137. The third-order valence-corrected chi connectivity index (χ3v) is 3.39. The Morgan fingerprint density at radius 3 is 2.68 bits per heavy atom. The molecule has 0 saturated carbocycles. The Labute approximate surface area is 138 Å². The van der Waals surface area contributed by atoms with Crippen LogP contribution in [-0.2, 0) is 16.1 Å². The van der Waals surface area contributed by atoms with Crippen molar-refractivity contribution in [3.63, 3.8) is 0 Å². The summed E-state index contributed by atoms with van der Waals surface area (Å²) in [5, 5.41) is 0. The van der Waals surface area contributed by atoms with Crippen LogP contribution in [0.1, 0.15) is 18.1 Å². The van der Waals surface area contributed by atoms with Crippen LogP contribution in [0.2, 0.25) is 0 Å². The quantitative estimate of drug-likeness (QED) is 0.557. The van der Waals surface area contributed by atoms with E-state index in [0.29, 0.717) is 19.0 Å². The first-order valence-electron chi connectivity index (χ1n) is 7.00. The van der Waals surface area contributed by atoms with Crippen LogP contribution in [0.4, 0.5) is 0 Å². The van der Waals surface area contributed by atoms with Crippen LogP contribution in [0.3, 0.4) is 0 Å². The van der Waals surface area contributed by atoms with Crippen LogP contribution >= 0.6 is 15.9 Å². The van der Waals surface area contributed by atoms with Gasteiger partial charge in [0.15, 0.2) is 0 Å². The molecule has 0 spiro atoms. The highest BCUT2D eigenvalue weighted by Crippen LogP contribution is 2.25. The second-order valence-electron chi connectivity index (χ2n) is 4.54. The van der Waals surface area contributed by atoms with Crippen LogP contribution in [0.15, 0.2) is 59.1 Å². The van der Waals surface area contributed by atoms with E-state index in [4.69, 9.17) is 9.47 Å². The van der Waals surface area contributed by atoms with Crippen molar-refractivity contribution < 1.29 is 14.3 Å². The Balaban J connectivity index is 2.12. The largest absolute Gasteiger partial charge is 0.488 e. The van der Waals surface area contributed by atoms with E-state index in [-0.39, 0.29) is 5.97 Å². The fourth-order valence-electron chi connectivity index (χ4n) is 1.86. The Morgan fingerprint density at radius 2 is 1.95 bits per heavy atom. The van der Waals surface area contributed by atoms with Crippen LogP contribution in [-0.4, -0.2) is 12.6 Å². The maximum absolute atomic E-state index is 11.4. The minimum Gasteiger partial charge on any atom is -0.488 e. The van der Waals surface area contributed by atoms with Crippen molar-refractivity contribution in [2.75, 3.05) is 6.61 Å². The third kappa shape index (κ3) is 5.04. The Hall–Kier alpha value is -2.07. The molecule has 22 heavy (non-hydrogen) atoms. The number of hydrogen-bond donors (Lipinski definition) is 0. The molecule has 0 aliphatic rings. The van der Waals surface area contributed by atoms with Gasteiger partial charge in [-0.15, -0.1) is 0 Å². The predicted octanol–water partition coefficient (Wildman–Crippen LogP) is 4.60. The summed E-state index contributed by atoms with van der Waals surface area (Å²) in [6.45, 7) is 2.61. The molecule has 0 unspecified atom stereocenters. The molecule has 2 aromatic rings. The second-order valence-corrected chi connectivity index (χ2v) is 5.46. The molecule has 0 radical (unpaired) electrons. The summed E-state index contributed by atoms with van der Waals surface area (Å²) in [5.41, 5.74) is 1.91. The van der Waals surface area contributed by atoms with Crippen molar-refractivity contribution in [3.05, 3.63) is 70.2 Å². The fourth-order valence-corrected chi connectivity index (χ4v) is 2.24. The molecule has 0 atom stereocenters. The van der Waals surface area contributed by atoms with Gasteiger partial charge in [-0.2, -0.15) is 0 Å². The highest BCUT2D eigenvalue weighted by Gasteiger charge is 2.04. The van der Waals surface area contributed by atoms with E-state index in [2.05, 4.69) is 15.9 Å². The number of rotatable bonds is 6. The zero-order valence-electron chi connectivity index (χ0n) is 12.3. The SMILES string of the molecule is CCOC(=O)/C=C/c1cc(Br)ccc1OCc1ccccc1. The summed E-state index contributed by atoms with van der Waals surface area (Å²) in [4.78, 5) is 11.4. The van der Waals surface area contributed by atoms with Gasteiger partial charge < -0.3 is 9.47 Å². The first kappa shape index (κ1) is 16.3. The van der Waals surface area contributed by atoms with Crippen molar-refractivity contribution in [1.82, 2.24) is 0 Å². The molecule has 2 rings (SSSR count). The minimum absolute atomic E-state index is 0.360. The lowest BCUT2D eigenvalue weighted by Gasteiger charge is -2.10. The maximum Gasteiger partial charge on any atom is 0.330 e. The van der Waals surface area contributed by atoms with Gasteiger partial charge in [0.2, 0.25) is 0 Å². The van der Waals surface area contributed by atoms with E-state index >= 15 is 0 Å². The molecule has 2 aromatic carbocycles. The highest BCUT2D eigenvalue weighted by molar-refractivity contribution is 9.10. The summed E-state index contributed by atoms with van der Waals surface area (Å²) >= 11 is 3.42. The Kier molecular flexibility index (Phi) is 6.22. The number of halogens is 1. The number of carbonyl (C=O) groups is 1. The topological polar surface area (TPSA) is 35.5 Å². The second kappa shape index (κ2) is 8.39. The maximum atomic E-state index is 11.4. The molecular weight excluding hydrogens is 344 g/mol. The molecule has 0 aliphatic heterocycles. The van der Waals surface area contributed by atoms with Gasteiger partial charge in [-0.3, -0.25) is 0 Å². The molecule has 0 fully saturated rings. The fraction of sp³-hybridized carbons (Fsp3) is 0.167. The molecule has 0 N–H and O–H groups in total. The predicted molar refractivity (Wildman–Crippen MR) is 90.6 cm³/mol. The number of esters is 1. The highest BCUT2D eigenvalue weighted by atomic mass is 79.9. The average Bonchev–Trinajstić information content (AvgIpc) is 2.53. The van der Waals surface area contributed by atoms with Crippen molar-refractivity contribution in [1.29, 1.82) is 0 Å². The van der Waals surface area contributed by atoms with E-state index in [9.17, 15) is 4.79 Å². The lowest BCUT2D eigenvalue weighted by atomic mass is 10.2. The number of carbonyl (C=O) groups excluding carboxylic acids is 1. The number of benzene rings is 2. The summed E-state index contributed by atoms with van der Waals surface area (Å²) in [7, 11) is 0. The van der Waals surface area contributed by atoms with E-state index < -0.39 is 0 Å². The monoisotopic (exact) mass is 360 g/mol. The van der Waals surface area contributed by atoms with Gasteiger partial charge in [0.25, 0.3) is 0 Å². The van der Waals surface area contributed by atoms with E-state index in [1.165, 1.54) is 6.08 Å². The zero-order chi connectivity index (χ0) is 15.8. The van der Waals surface area contributed by atoms with Gasteiger partial charge in [0, 0.05) is 16.1 Å². The molecular formula is C18H17BrO3. The summed E-state index contributed by atoms with van der Waals surface area (Å²) in [5.74, 6) is 0.351. The normalized spacial score (nSPS) is 10.6. The standard InChI is InChI=1S/C18H17BrO3/c1-2-21-18(20)11-8-15-12-16(19)9-10-17(15)22-13-14-6-4-3-5-7-14/h3-12H,2,13H2,1H3/b11-8+. The molecule has 114 valence electrons. The van der Waals surface area contributed by atoms with Gasteiger partial charge in [0.05, 0.1) is 6.61 Å². The van der Waals surface area contributed by atoms with Gasteiger partial charge in [-0.05, 0) is 36.8 Å². The van der Waals surface area contributed by atoms with Crippen LogP contribution in [0.25, 0.3) is 6.08 Å². The van der Waals surface area contributed by atoms with Gasteiger partial charge in [-0.1, -0.05) is 46.3 Å². The van der Waals surface area contributed by atoms with Crippen molar-refractivity contribution >= 4 is 28.0 Å². The van der Waals surface area contributed by atoms with Gasteiger partial charge in [0.1, 0.15) is 12.4 Å². The lowest BCUT2D eigenvalue weighted by Crippen LogP contribution is -1.99. The van der Waals surface area contributed by atoms with Crippen molar-refractivity contribution in [2.45, 2.75) is 13.5 Å². The van der Waals surface area contributed by atoms with E-state index in [1.807, 2.05) is 48.5 Å². The average molecular weight is 361 g/mol. The number of ether oxygens (including phenoxy) is 2. The van der Waals surface area contributed by atoms with Crippen LogP contribution in [0, 0.1) is 0 Å². The molecule has 0 heterocycles. The smallest absolute Gasteiger partial charge is 0.330 e. The Morgan fingerprint density at radius 1 is 1.18 bits per heavy atom. The van der Waals surface area contributed by atoms with Crippen molar-refractivity contribution in [3.8, 4) is 5.75 Å². The first-order valence-corrected chi connectivity index (χ1v) is 7.79. The van der Waals surface area contributed by atoms with Crippen LogP contribution in [0.5, 0.6) is 5.75 Å². The number of hydrogen-bond acceptors (Lipinski definition) is 3. The summed E-state index contributed by atoms with van der Waals surface area (Å²) in [6, 6.07) is 15.6.